The first-order chi connectivity index (χ1) is 6.65. The van der Waals surface area contributed by atoms with E-state index in [1.807, 2.05) is 13.8 Å². The van der Waals surface area contributed by atoms with Crippen molar-refractivity contribution in [3.8, 4) is 10.8 Å². The number of rotatable bonds is 1. The van der Waals surface area contributed by atoms with Gasteiger partial charge in [0.25, 0.3) is 0 Å². The van der Waals surface area contributed by atoms with Crippen molar-refractivity contribution in [2.75, 3.05) is 0 Å². The first kappa shape index (κ1) is 9.55. The Morgan fingerprint density at radius 1 is 1.29 bits per heavy atom. The van der Waals surface area contributed by atoms with Gasteiger partial charge in [0.05, 0.1) is 0 Å². The summed E-state index contributed by atoms with van der Waals surface area (Å²) in [6.45, 7) is 3.89. The van der Waals surface area contributed by atoms with Gasteiger partial charge in [0.2, 0.25) is 0 Å². The zero-order valence-electron chi connectivity index (χ0n) is 7.78. The van der Waals surface area contributed by atoms with Gasteiger partial charge in [0, 0.05) is 16.8 Å². The van der Waals surface area contributed by atoms with E-state index in [9.17, 15) is 0 Å². The van der Waals surface area contributed by atoms with Crippen LogP contribution in [0.5, 0.6) is 0 Å². The second-order valence-electron chi connectivity index (χ2n) is 2.93. The van der Waals surface area contributed by atoms with Crippen LogP contribution in [0, 0.1) is 13.8 Å². The Hall–Kier alpha value is -1.00. The molecule has 2 aromatic rings. The molecule has 0 spiro atoms. The summed E-state index contributed by atoms with van der Waals surface area (Å²) >= 11 is 7.40. The quantitative estimate of drug-likeness (QED) is 0.701. The van der Waals surface area contributed by atoms with E-state index in [4.69, 9.17) is 11.6 Å². The molecule has 2 heterocycles. The van der Waals surface area contributed by atoms with Crippen LogP contribution in [0.3, 0.4) is 0 Å². The predicted octanol–water partition coefficient (Wildman–Crippen LogP) is 2.87. The van der Waals surface area contributed by atoms with Gasteiger partial charge >= 0.3 is 0 Å². The van der Waals surface area contributed by atoms with E-state index < -0.39 is 0 Å². The first-order valence-electron chi connectivity index (χ1n) is 4.09. The van der Waals surface area contributed by atoms with E-state index in [0.29, 0.717) is 11.0 Å². The fourth-order valence-corrected chi connectivity index (χ4v) is 2.02. The Morgan fingerprint density at radius 3 is 2.64 bits per heavy atom. The lowest BCUT2D eigenvalue weighted by atomic mass is 10.4. The van der Waals surface area contributed by atoms with Crippen LogP contribution >= 0.6 is 22.9 Å². The van der Waals surface area contributed by atoms with Crippen LogP contribution < -0.4 is 0 Å². The highest BCUT2D eigenvalue weighted by Crippen LogP contribution is 2.22. The predicted molar refractivity (Wildman–Crippen MR) is 57.6 cm³/mol. The molecule has 5 heteroatoms. The molecular weight excluding hydrogens is 218 g/mol. The molecule has 14 heavy (non-hydrogen) atoms. The van der Waals surface area contributed by atoms with Crippen molar-refractivity contribution in [1.82, 2.24) is 15.0 Å². The minimum atomic E-state index is 0.459. The second-order valence-corrected chi connectivity index (χ2v) is 4.55. The van der Waals surface area contributed by atoms with Crippen molar-refractivity contribution in [3.63, 3.8) is 0 Å². The van der Waals surface area contributed by atoms with Crippen molar-refractivity contribution >= 4 is 22.9 Å². The molecule has 0 N–H and O–H groups in total. The molecule has 0 aromatic carbocycles. The Kier molecular flexibility index (Phi) is 2.48. The fourth-order valence-electron chi connectivity index (χ4n) is 1.08. The Bertz CT molecular complexity index is 447. The molecule has 0 fully saturated rings. The maximum absolute atomic E-state index is 5.83. The molecule has 0 atom stereocenters. The van der Waals surface area contributed by atoms with Crippen LogP contribution in [-0.4, -0.2) is 15.0 Å². The summed E-state index contributed by atoms with van der Waals surface area (Å²) in [6, 6.07) is 1.73. The van der Waals surface area contributed by atoms with E-state index in [1.54, 1.807) is 23.6 Å². The zero-order chi connectivity index (χ0) is 10.1. The maximum Gasteiger partial charge on any atom is 0.190 e. The van der Waals surface area contributed by atoms with E-state index in [0.717, 1.165) is 15.6 Å². The van der Waals surface area contributed by atoms with E-state index in [-0.39, 0.29) is 0 Å². The van der Waals surface area contributed by atoms with Crippen LogP contribution in [0.15, 0.2) is 12.3 Å². The van der Waals surface area contributed by atoms with Gasteiger partial charge in [-0.05, 0) is 19.9 Å². The van der Waals surface area contributed by atoms with Crippen molar-refractivity contribution in [2.45, 2.75) is 13.8 Å². The number of aromatic nitrogens is 3. The molecule has 3 nitrogen and oxygen atoms in total. The molecule has 0 radical (unpaired) electrons. The molecule has 0 saturated heterocycles. The van der Waals surface area contributed by atoms with E-state index >= 15 is 0 Å². The number of hydrogen-bond acceptors (Lipinski definition) is 4. The van der Waals surface area contributed by atoms with E-state index in [2.05, 4.69) is 15.0 Å². The fraction of sp³-hybridized carbons (Fsp3) is 0.222. The standard InChI is InChI=1S/C9H8ClN3S/c1-5-3-7(10)13-8(12-5)9-11-4-6(2)14-9/h3-4H,1-2H3. The molecule has 72 valence electrons. The third-order valence-corrected chi connectivity index (χ3v) is 2.74. The Balaban J connectivity index is 2.51. The lowest BCUT2D eigenvalue weighted by Gasteiger charge is -1.97. The monoisotopic (exact) mass is 225 g/mol. The molecule has 0 aliphatic heterocycles. The lowest BCUT2D eigenvalue weighted by molar-refractivity contribution is 1.10. The third-order valence-electron chi connectivity index (χ3n) is 1.64. The van der Waals surface area contributed by atoms with Gasteiger partial charge in [0.1, 0.15) is 5.15 Å². The van der Waals surface area contributed by atoms with Crippen LogP contribution in [0.25, 0.3) is 10.8 Å². The lowest BCUT2D eigenvalue weighted by Crippen LogP contribution is -1.91. The Labute approximate surface area is 90.8 Å². The zero-order valence-corrected chi connectivity index (χ0v) is 9.35. The SMILES string of the molecule is Cc1cc(Cl)nc(-c2ncc(C)s2)n1. The molecule has 0 aliphatic rings. The van der Waals surface area contributed by atoms with Crippen molar-refractivity contribution in [2.24, 2.45) is 0 Å². The smallest absolute Gasteiger partial charge is 0.190 e. The first-order valence-corrected chi connectivity index (χ1v) is 5.28. The molecule has 0 aliphatic carbocycles. The minimum absolute atomic E-state index is 0.459. The van der Waals surface area contributed by atoms with Gasteiger partial charge in [-0.3, -0.25) is 0 Å². The van der Waals surface area contributed by atoms with Crippen LogP contribution in [-0.2, 0) is 0 Å². The molecule has 2 rings (SSSR count). The van der Waals surface area contributed by atoms with Crippen LogP contribution in [0.1, 0.15) is 10.6 Å². The van der Waals surface area contributed by atoms with Crippen molar-refractivity contribution in [1.29, 1.82) is 0 Å². The number of aryl methyl sites for hydroxylation is 2. The van der Waals surface area contributed by atoms with Gasteiger partial charge in [-0.2, -0.15) is 0 Å². The van der Waals surface area contributed by atoms with Crippen molar-refractivity contribution < 1.29 is 0 Å². The molecule has 0 amide bonds. The van der Waals surface area contributed by atoms with Gasteiger partial charge in [-0.15, -0.1) is 11.3 Å². The number of halogens is 1. The summed E-state index contributed by atoms with van der Waals surface area (Å²) in [6.07, 6.45) is 1.81. The molecule has 0 bridgehead atoms. The summed E-state index contributed by atoms with van der Waals surface area (Å²) < 4.78 is 0. The third kappa shape index (κ3) is 1.91. The maximum atomic E-state index is 5.83. The highest BCUT2D eigenvalue weighted by atomic mass is 35.5. The molecule has 2 aromatic heterocycles. The van der Waals surface area contributed by atoms with Crippen LogP contribution in [0.4, 0.5) is 0 Å². The largest absolute Gasteiger partial charge is 0.241 e. The molecule has 0 unspecified atom stereocenters. The summed E-state index contributed by atoms with van der Waals surface area (Å²) in [7, 11) is 0. The minimum Gasteiger partial charge on any atom is -0.241 e. The van der Waals surface area contributed by atoms with Crippen LogP contribution in [0.2, 0.25) is 5.15 Å². The highest BCUT2D eigenvalue weighted by Gasteiger charge is 2.07. The molecular formula is C9H8ClN3S. The van der Waals surface area contributed by atoms with Gasteiger partial charge in [-0.25, -0.2) is 15.0 Å². The number of hydrogen-bond donors (Lipinski definition) is 0. The van der Waals surface area contributed by atoms with Gasteiger partial charge in [0.15, 0.2) is 10.8 Å². The topological polar surface area (TPSA) is 38.7 Å². The van der Waals surface area contributed by atoms with Gasteiger partial charge < -0.3 is 0 Å². The Morgan fingerprint density at radius 2 is 2.07 bits per heavy atom. The summed E-state index contributed by atoms with van der Waals surface area (Å²) in [5.41, 5.74) is 0.854. The second kappa shape index (κ2) is 3.63. The number of thiazole rings is 1. The average Bonchev–Trinajstić information content (AvgIpc) is 2.50. The summed E-state index contributed by atoms with van der Waals surface area (Å²) in [4.78, 5) is 13.7. The summed E-state index contributed by atoms with van der Waals surface area (Å²) in [5.74, 6) is 0.605. The van der Waals surface area contributed by atoms with E-state index in [1.165, 1.54) is 0 Å². The normalized spacial score (nSPS) is 10.5. The average molecular weight is 226 g/mol. The number of nitrogens with zero attached hydrogens (tertiary/aromatic N) is 3. The van der Waals surface area contributed by atoms with Gasteiger partial charge in [-0.1, -0.05) is 11.6 Å². The summed E-state index contributed by atoms with van der Waals surface area (Å²) in [5, 5.41) is 1.27. The molecule has 0 saturated carbocycles. The highest BCUT2D eigenvalue weighted by molar-refractivity contribution is 7.14. The van der Waals surface area contributed by atoms with Crippen molar-refractivity contribution in [3.05, 3.63) is 28.0 Å².